The van der Waals surface area contributed by atoms with Crippen LogP contribution >= 0.6 is 0 Å². The van der Waals surface area contributed by atoms with Crippen LogP contribution in [0.1, 0.15) is 27.8 Å². The van der Waals surface area contributed by atoms with Crippen molar-refractivity contribution in [3.8, 4) is 16.9 Å². The van der Waals surface area contributed by atoms with E-state index in [-0.39, 0.29) is 11.4 Å². The van der Waals surface area contributed by atoms with Gasteiger partial charge in [0.15, 0.2) is 5.69 Å². The molecule has 0 unspecified atom stereocenters. The summed E-state index contributed by atoms with van der Waals surface area (Å²) in [5.41, 5.74) is 8.22. The van der Waals surface area contributed by atoms with Gasteiger partial charge in [-0.15, -0.1) is 0 Å². The quantitative estimate of drug-likeness (QED) is 0.518. The molecule has 8 heteroatoms. The van der Waals surface area contributed by atoms with Gasteiger partial charge in [0.1, 0.15) is 5.69 Å². The number of para-hydroxylation sites is 1. The van der Waals surface area contributed by atoms with Crippen molar-refractivity contribution in [1.29, 1.82) is 0 Å². The highest BCUT2D eigenvalue weighted by molar-refractivity contribution is 6.10. The third-order valence-electron chi connectivity index (χ3n) is 4.59. The third kappa shape index (κ3) is 3.70. The molecule has 0 fully saturated rings. The SMILES string of the molecule is CCn1cc(NC(=O)c2cn(-c3ccccc3)nc2-c2ccccc2)c(C(N)=O)n1. The number of rotatable bonds is 6. The minimum absolute atomic E-state index is 0.0157. The molecular weight excluding hydrogens is 380 g/mol. The predicted octanol–water partition coefficient (Wildman–Crippen LogP) is 3.11. The molecule has 0 bridgehead atoms. The largest absolute Gasteiger partial charge is 0.364 e. The number of aryl methyl sites for hydroxylation is 1. The van der Waals surface area contributed by atoms with Gasteiger partial charge in [-0.1, -0.05) is 48.5 Å². The molecular formula is C22H20N6O2. The molecule has 2 aromatic carbocycles. The lowest BCUT2D eigenvalue weighted by Crippen LogP contribution is -2.18. The molecule has 3 N–H and O–H groups in total. The number of hydrogen-bond acceptors (Lipinski definition) is 4. The van der Waals surface area contributed by atoms with Crippen molar-refractivity contribution in [2.45, 2.75) is 13.5 Å². The Balaban J connectivity index is 1.76. The highest BCUT2D eigenvalue weighted by Crippen LogP contribution is 2.25. The van der Waals surface area contributed by atoms with Crippen LogP contribution < -0.4 is 11.1 Å². The number of nitrogens with zero attached hydrogens (tertiary/aromatic N) is 4. The maximum atomic E-state index is 13.2. The summed E-state index contributed by atoms with van der Waals surface area (Å²) in [6.45, 7) is 2.41. The molecule has 0 aliphatic carbocycles. The Kier molecular flexibility index (Phi) is 5.13. The molecule has 4 rings (SSSR count). The first-order valence-corrected chi connectivity index (χ1v) is 9.46. The van der Waals surface area contributed by atoms with Crippen molar-refractivity contribution in [1.82, 2.24) is 19.6 Å². The standard InChI is InChI=1S/C22H20N6O2/c1-2-27-14-18(20(25-27)21(23)29)24-22(30)17-13-28(16-11-7-4-8-12-16)26-19(17)15-9-5-3-6-10-15/h3-14H,2H2,1H3,(H2,23,29)(H,24,30). The van der Waals surface area contributed by atoms with E-state index in [1.807, 2.05) is 67.6 Å². The van der Waals surface area contributed by atoms with Gasteiger partial charge in [-0.2, -0.15) is 10.2 Å². The van der Waals surface area contributed by atoms with Crippen molar-refractivity contribution in [2.75, 3.05) is 5.32 Å². The number of anilines is 1. The van der Waals surface area contributed by atoms with E-state index in [0.29, 0.717) is 17.8 Å². The summed E-state index contributed by atoms with van der Waals surface area (Å²) in [6, 6.07) is 19.0. The number of nitrogens with two attached hydrogens (primary N) is 1. The van der Waals surface area contributed by atoms with Crippen molar-refractivity contribution >= 4 is 17.5 Å². The molecule has 0 atom stereocenters. The number of hydrogen-bond donors (Lipinski definition) is 2. The van der Waals surface area contributed by atoms with Gasteiger partial charge < -0.3 is 11.1 Å². The summed E-state index contributed by atoms with van der Waals surface area (Å²) in [5, 5.41) is 11.5. The second-order valence-electron chi connectivity index (χ2n) is 6.60. The molecule has 150 valence electrons. The topological polar surface area (TPSA) is 108 Å². The number of amides is 2. The first-order valence-electron chi connectivity index (χ1n) is 9.46. The Bertz CT molecular complexity index is 1200. The lowest BCUT2D eigenvalue weighted by molar-refractivity contribution is 0.0995. The number of nitrogens with one attached hydrogen (secondary N) is 1. The van der Waals surface area contributed by atoms with Gasteiger partial charge in [0, 0.05) is 24.5 Å². The number of benzene rings is 2. The first-order chi connectivity index (χ1) is 14.6. The molecule has 2 aromatic heterocycles. The number of primary amides is 1. The van der Waals surface area contributed by atoms with Crippen LogP contribution in [0.4, 0.5) is 5.69 Å². The van der Waals surface area contributed by atoms with E-state index in [1.165, 1.54) is 0 Å². The van der Waals surface area contributed by atoms with Crippen LogP contribution in [0.15, 0.2) is 73.1 Å². The zero-order chi connectivity index (χ0) is 21.1. The van der Waals surface area contributed by atoms with Crippen LogP contribution in [0.5, 0.6) is 0 Å². The molecule has 0 aliphatic heterocycles. The summed E-state index contributed by atoms with van der Waals surface area (Å²) in [5.74, 6) is -1.12. The van der Waals surface area contributed by atoms with Gasteiger partial charge in [0.2, 0.25) is 0 Å². The molecule has 0 aliphatic rings. The fraction of sp³-hybridized carbons (Fsp3) is 0.0909. The molecule has 8 nitrogen and oxygen atoms in total. The summed E-state index contributed by atoms with van der Waals surface area (Å²) in [4.78, 5) is 24.9. The van der Waals surface area contributed by atoms with Crippen molar-refractivity contribution < 1.29 is 9.59 Å². The minimum atomic E-state index is -0.708. The van der Waals surface area contributed by atoms with Crippen LogP contribution in [0.25, 0.3) is 16.9 Å². The Morgan fingerprint density at radius 1 is 0.967 bits per heavy atom. The van der Waals surface area contributed by atoms with Crippen LogP contribution in [0, 0.1) is 0 Å². The summed E-state index contributed by atoms with van der Waals surface area (Å²) in [7, 11) is 0. The fourth-order valence-electron chi connectivity index (χ4n) is 3.11. The van der Waals surface area contributed by atoms with Gasteiger partial charge in [-0.05, 0) is 19.1 Å². The monoisotopic (exact) mass is 400 g/mol. The number of aromatic nitrogens is 4. The van der Waals surface area contributed by atoms with E-state index in [9.17, 15) is 9.59 Å². The number of carbonyl (C=O) groups excluding carboxylic acids is 2. The van der Waals surface area contributed by atoms with E-state index >= 15 is 0 Å². The lowest BCUT2D eigenvalue weighted by Gasteiger charge is -2.04. The predicted molar refractivity (Wildman–Crippen MR) is 113 cm³/mol. The molecule has 2 amide bonds. The van der Waals surface area contributed by atoms with Gasteiger partial charge >= 0.3 is 0 Å². The van der Waals surface area contributed by atoms with Crippen molar-refractivity contribution in [3.05, 3.63) is 84.3 Å². The van der Waals surface area contributed by atoms with E-state index in [0.717, 1.165) is 11.3 Å². The summed E-state index contributed by atoms with van der Waals surface area (Å²) in [6.07, 6.45) is 3.25. The van der Waals surface area contributed by atoms with Crippen LogP contribution in [-0.2, 0) is 6.54 Å². The second-order valence-corrected chi connectivity index (χ2v) is 6.60. The third-order valence-corrected chi connectivity index (χ3v) is 4.59. The van der Waals surface area contributed by atoms with E-state index in [1.54, 1.807) is 21.8 Å². The minimum Gasteiger partial charge on any atom is -0.364 e. The molecule has 0 radical (unpaired) electrons. The molecule has 0 spiro atoms. The van der Waals surface area contributed by atoms with Gasteiger partial charge in [0.05, 0.1) is 16.9 Å². The first kappa shape index (κ1) is 19.1. The van der Waals surface area contributed by atoms with Crippen LogP contribution in [0.3, 0.4) is 0 Å². The Hall–Kier alpha value is -4.20. The van der Waals surface area contributed by atoms with Gasteiger partial charge in [-0.3, -0.25) is 14.3 Å². The summed E-state index contributed by atoms with van der Waals surface area (Å²) >= 11 is 0. The molecule has 0 saturated carbocycles. The molecule has 30 heavy (non-hydrogen) atoms. The molecule has 4 aromatic rings. The maximum absolute atomic E-state index is 13.2. The Morgan fingerprint density at radius 2 is 1.63 bits per heavy atom. The van der Waals surface area contributed by atoms with Crippen molar-refractivity contribution in [2.24, 2.45) is 5.73 Å². The van der Waals surface area contributed by atoms with E-state index in [4.69, 9.17) is 5.73 Å². The maximum Gasteiger partial charge on any atom is 0.271 e. The van der Waals surface area contributed by atoms with Crippen LogP contribution in [0.2, 0.25) is 0 Å². The highest BCUT2D eigenvalue weighted by atomic mass is 16.2. The van der Waals surface area contributed by atoms with E-state index < -0.39 is 11.8 Å². The average molecular weight is 400 g/mol. The zero-order valence-electron chi connectivity index (χ0n) is 16.3. The second kappa shape index (κ2) is 8.04. The average Bonchev–Trinajstić information content (AvgIpc) is 3.40. The molecule has 2 heterocycles. The van der Waals surface area contributed by atoms with E-state index in [2.05, 4.69) is 15.5 Å². The van der Waals surface area contributed by atoms with Gasteiger partial charge in [-0.25, -0.2) is 4.68 Å². The van der Waals surface area contributed by atoms with Crippen molar-refractivity contribution in [3.63, 3.8) is 0 Å². The Labute approximate surface area is 172 Å². The smallest absolute Gasteiger partial charge is 0.271 e. The molecule has 0 saturated heterocycles. The summed E-state index contributed by atoms with van der Waals surface area (Å²) < 4.78 is 3.20. The lowest BCUT2D eigenvalue weighted by atomic mass is 10.1. The van der Waals surface area contributed by atoms with Crippen LogP contribution in [-0.4, -0.2) is 31.4 Å². The number of carbonyl (C=O) groups is 2. The van der Waals surface area contributed by atoms with Gasteiger partial charge in [0.25, 0.3) is 11.8 Å². The Morgan fingerprint density at radius 3 is 2.27 bits per heavy atom. The normalized spacial score (nSPS) is 10.7. The highest BCUT2D eigenvalue weighted by Gasteiger charge is 2.22. The zero-order valence-corrected chi connectivity index (χ0v) is 16.3. The fourth-order valence-corrected chi connectivity index (χ4v) is 3.11.